The number of furan rings is 1. The molecule has 186 valence electrons. The van der Waals surface area contributed by atoms with Crippen LogP contribution in [-0.4, -0.2) is 9.55 Å². The molecule has 0 amide bonds. The second-order valence-electron chi connectivity index (χ2n) is 9.91. The third kappa shape index (κ3) is 3.28. The number of aromatic nitrogens is 2. The zero-order valence-electron chi connectivity index (χ0n) is 21.4. The van der Waals surface area contributed by atoms with Crippen molar-refractivity contribution in [1.82, 2.24) is 9.55 Å². The quantitative estimate of drug-likeness (QED) is 0.237. The van der Waals surface area contributed by atoms with Crippen molar-refractivity contribution in [1.29, 1.82) is 5.26 Å². The lowest BCUT2D eigenvalue weighted by Gasteiger charge is -2.15. The summed E-state index contributed by atoms with van der Waals surface area (Å²) in [5.74, 6) is 0. The maximum Gasteiger partial charge on any atom is 0.160 e. The van der Waals surface area contributed by atoms with Gasteiger partial charge >= 0.3 is 0 Å². The molecule has 0 saturated heterocycles. The van der Waals surface area contributed by atoms with Gasteiger partial charge in [0.25, 0.3) is 0 Å². The average molecular weight is 512 g/mol. The molecule has 40 heavy (non-hydrogen) atoms. The van der Waals surface area contributed by atoms with Gasteiger partial charge in [0, 0.05) is 32.7 Å². The van der Waals surface area contributed by atoms with Crippen LogP contribution in [0.3, 0.4) is 0 Å². The Hall–Kier alpha value is -5.66. The molecule has 3 heterocycles. The van der Waals surface area contributed by atoms with E-state index in [1.54, 1.807) is 6.07 Å². The van der Waals surface area contributed by atoms with Crippen LogP contribution in [0.15, 0.2) is 132 Å². The molecule has 0 fully saturated rings. The van der Waals surface area contributed by atoms with Crippen LogP contribution in [-0.2, 0) is 0 Å². The van der Waals surface area contributed by atoms with Gasteiger partial charge in [-0.25, -0.2) is 4.98 Å². The molecule has 0 aliphatic heterocycles. The number of hydrogen-bond acceptors (Lipinski definition) is 3. The number of hydrogen-bond donors (Lipinski definition) is 0. The summed E-state index contributed by atoms with van der Waals surface area (Å²) in [6, 6.07) is 45.7. The van der Waals surface area contributed by atoms with E-state index < -0.39 is 0 Å². The van der Waals surface area contributed by atoms with Crippen molar-refractivity contribution >= 4 is 43.7 Å². The lowest BCUT2D eigenvalue weighted by atomic mass is 9.99. The topological polar surface area (TPSA) is 54.8 Å². The minimum Gasteiger partial charge on any atom is -0.454 e. The van der Waals surface area contributed by atoms with Crippen molar-refractivity contribution in [2.75, 3.05) is 0 Å². The summed E-state index contributed by atoms with van der Waals surface area (Å²) in [5, 5.41) is 13.9. The van der Waals surface area contributed by atoms with Gasteiger partial charge in [0.05, 0.1) is 22.4 Å². The molecule has 0 radical (unpaired) electrons. The van der Waals surface area contributed by atoms with E-state index >= 15 is 0 Å². The molecule has 0 atom stereocenters. The standard InChI is InChI=1S/C36H21N3O/c37-22-25-11-8-15-31(38-25)24-10-7-9-23(21-24)26-12-1-4-16-32(26)39-33-17-5-2-13-27(33)29-19-20-30-28-14-3-6-18-34(28)40-36(30)35(29)39/h1-21H. The molecular weight excluding hydrogens is 490 g/mol. The van der Waals surface area contributed by atoms with Crippen LogP contribution in [0.2, 0.25) is 0 Å². The normalized spacial score (nSPS) is 11.5. The fraction of sp³-hybridized carbons (Fsp3) is 0. The summed E-state index contributed by atoms with van der Waals surface area (Å²) in [6.45, 7) is 0. The molecule has 3 aromatic heterocycles. The van der Waals surface area contributed by atoms with E-state index in [0.29, 0.717) is 5.69 Å². The number of benzene rings is 5. The summed E-state index contributed by atoms with van der Waals surface area (Å²) in [6.07, 6.45) is 0. The highest BCUT2D eigenvalue weighted by Gasteiger charge is 2.20. The number of para-hydroxylation sites is 3. The molecule has 8 rings (SSSR count). The van der Waals surface area contributed by atoms with Crippen molar-refractivity contribution < 1.29 is 4.42 Å². The number of rotatable bonds is 3. The van der Waals surface area contributed by atoms with E-state index in [4.69, 9.17) is 4.42 Å². The Bertz CT molecular complexity index is 2300. The molecule has 0 unspecified atom stereocenters. The highest BCUT2D eigenvalue weighted by molar-refractivity contribution is 6.21. The first-order valence-corrected chi connectivity index (χ1v) is 13.2. The van der Waals surface area contributed by atoms with Gasteiger partial charge in [0.15, 0.2) is 5.58 Å². The van der Waals surface area contributed by atoms with E-state index in [0.717, 1.165) is 66.4 Å². The Labute approximate surface area is 230 Å². The van der Waals surface area contributed by atoms with E-state index in [2.05, 4.69) is 101 Å². The molecule has 0 bridgehead atoms. The Morgan fingerprint density at radius 3 is 2.30 bits per heavy atom. The van der Waals surface area contributed by atoms with Crippen LogP contribution in [0.4, 0.5) is 0 Å². The maximum absolute atomic E-state index is 9.36. The minimum atomic E-state index is 0.406. The average Bonchev–Trinajstić information content (AvgIpc) is 3.57. The SMILES string of the molecule is N#Cc1cccc(-c2cccc(-c3ccccc3-n3c4ccccc4c4ccc5c6ccccc6oc5c43)c2)n1. The first kappa shape index (κ1) is 22.3. The largest absolute Gasteiger partial charge is 0.454 e. The van der Waals surface area contributed by atoms with Gasteiger partial charge in [-0.2, -0.15) is 5.26 Å². The zero-order chi connectivity index (χ0) is 26.6. The Balaban J connectivity index is 1.43. The van der Waals surface area contributed by atoms with Crippen molar-refractivity contribution in [2.24, 2.45) is 0 Å². The van der Waals surface area contributed by atoms with Gasteiger partial charge in [0.2, 0.25) is 0 Å². The van der Waals surface area contributed by atoms with Gasteiger partial charge in [-0.3, -0.25) is 0 Å². The number of pyridine rings is 1. The van der Waals surface area contributed by atoms with Gasteiger partial charge in [0.1, 0.15) is 17.3 Å². The molecular formula is C36H21N3O. The van der Waals surface area contributed by atoms with E-state index in [-0.39, 0.29) is 0 Å². The van der Waals surface area contributed by atoms with E-state index in [9.17, 15) is 5.26 Å². The first-order chi connectivity index (χ1) is 19.8. The number of nitrogens with zero attached hydrogens (tertiary/aromatic N) is 3. The van der Waals surface area contributed by atoms with Gasteiger partial charge in [-0.1, -0.05) is 84.9 Å². The third-order valence-electron chi connectivity index (χ3n) is 7.66. The van der Waals surface area contributed by atoms with Gasteiger partial charge < -0.3 is 8.98 Å². The molecule has 0 saturated carbocycles. The minimum absolute atomic E-state index is 0.406. The number of nitriles is 1. The second-order valence-corrected chi connectivity index (χ2v) is 9.91. The molecule has 0 N–H and O–H groups in total. The number of fused-ring (bicyclic) bond motifs is 7. The predicted molar refractivity (Wildman–Crippen MR) is 161 cm³/mol. The monoisotopic (exact) mass is 511 g/mol. The van der Waals surface area contributed by atoms with Gasteiger partial charge in [-0.15, -0.1) is 0 Å². The summed E-state index contributed by atoms with van der Waals surface area (Å²) >= 11 is 0. The van der Waals surface area contributed by atoms with Crippen LogP contribution in [0.25, 0.3) is 71.8 Å². The fourth-order valence-electron chi connectivity index (χ4n) is 5.90. The van der Waals surface area contributed by atoms with Gasteiger partial charge in [-0.05, 0) is 48.0 Å². The van der Waals surface area contributed by atoms with Crippen molar-refractivity contribution in [3.8, 4) is 34.1 Å². The Morgan fingerprint density at radius 1 is 0.625 bits per heavy atom. The van der Waals surface area contributed by atoms with Crippen LogP contribution >= 0.6 is 0 Å². The third-order valence-corrected chi connectivity index (χ3v) is 7.66. The maximum atomic E-state index is 9.36. The van der Waals surface area contributed by atoms with Crippen molar-refractivity contribution in [3.63, 3.8) is 0 Å². The smallest absolute Gasteiger partial charge is 0.160 e. The second kappa shape index (κ2) is 8.69. The summed E-state index contributed by atoms with van der Waals surface area (Å²) in [4.78, 5) is 4.53. The highest BCUT2D eigenvalue weighted by Crippen LogP contribution is 2.42. The van der Waals surface area contributed by atoms with E-state index in [1.165, 1.54) is 5.39 Å². The lowest BCUT2D eigenvalue weighted by Crippen LogP contribution is -1.97. The molecule has 0 aliphatic rings. The summed E-state index contributed by atoms with van der Waals surface area (Å²) in [5.41, 5.74) is 9.33. The predicted octanol–water partition coefficient (Wildman–Crippen LogP) is 9.28. The summed E-state index contributed by atoms with van der Waals surface area (Å²) < 4.78 is 8.89. The van der Waals surface area contributed by atoms with Crippen LogP contribution in [0.1, 0.15) is 5.69 Å². The highest BCUT2D eigenvalue weighted by atomic mass is 16.3. The van der Waals surface area contributed by atoms with Crippen LogP contribution in [0.5, 0.6) is 0 Å². The molecule has 4 nitrogen and oxygen atoms in total. The molecule has 0 spiro atoms. The molecule has 5 aromatic carbocycles. The fourth-order valence-corrected chi connectivity index (χ4v) is 5.90. The summed E-state index contributed by atoms with van der Waals surface area (Å²) in [7, 11) is 0. The van der Waals surface area contributed by atoms with Crippen LogP contribution in [0, 0.1) is 11.3 Å². The molecule has 8 aromatic rings. The molecule has 0 aliphatic carbocycles. The zero-order valence-corrected chi connectivity index (χ0v) is 21.4. The Kier molecular flexibility index (Phi) is 4.85. The van der Waals surface area contributed by atoms with E-state index in [1.807, 2.05) is 36.4 Å². The lowest BCUT2D eigenvalue weighted by molar-refractivity contribution is 0.671. The molecule has 4 heteroatoms. The Morgan fingerprint density at radius 2 is 1.38 bits per heavy atom. The van der Waals surface area contributed by atoms with Crippen molar-refractivity contribution in [2.45, 2.75) is 0 Å². The first-order valence-electron chi connectivity index (χ1n) is 13.2. The van der Waals surface area contributed by atoms with Crippen molar-refractivity contribution in [3.05, 3.63) is 133 Å². The van der Waals surface area contributed by atoms with Crippen LogP contribution < -0.4 is 0 Å².